The number of amides is 1. The predicted octanol–water partition coefficient (Wildman–Crippen LogP) is 2.95. The minimum atomic E-state index is -0.513. The SMILES string of the molecule is NC(=O)c1cnc2cc(C3(c4ccccc4Cl)CCC3)nn2c1. The second-order valence-electron chi connectivity index (χ2n) is 5.95. The smallest absolute Gasteiger partial charge is 0.251 e. The number of primary amides is 1. The van der Waals surface area contributed by atoms with Crippen LogP contribution >= 0.6 is 11.6 Å². The standard InChI is InChI=1S/C17H15ClN4O/c18-13-5-2-1-4-12(13)17(6-3-7-17)14-8-15-20-9-11(16(19)23)10-22(15)21-14/h1-2,4-5,8-10H,3,6-7H2,(H2,19,23). The average molecular weight is 327 g/mol. The number of fused-ring (bicyclic) bond motifs is 1. The van der Waals surface area contributed by atoms with Crippen molar-refractivity contribution in [2.24, 2.45) is 5.73 Å². The second-order valence-corrected chi connectivity index (χ2v) is 6.36. The Morgan fingerprint density at radius 3 is 2.74 bits per heavy atom. The Morgan fingerprint density at radius 1 is 1.30 bits per heavy atom. The molecule has 1 aliphatic rings. The zero-order chi connectivity index (χ0) is 16.0. The largest absolute Gasteiger partial charge is 0.366 e. The van der Waals surface area contributed by atoms with Crippen LogP contribution in [0.15, 0.2) is 42.7 Å². The summed E-state index contributed by atoms with van der Waals surface area (Å²) in [6.07, 6.45) is 6.24. The molecule has 0 atom stereocenters. The van der Waals surface area contributed by atoms with Gasteiger partial charge in [-0.3, -0.25) is 4.79 Å². The van der Waals surface area contributed by atoms with E-state index in [9.17, 15) is 4.79 Å². The van der Waals surface area contributed by atoms with Crippen molar-refractivity contribution in [3.05, 3.63) is 64.6 Å². The molecule has 1 amide bonds. The molecule has 1 fully saturated rings. The van der Waals surface area contributed by atoms with Crippen LogP contribution in [0.4, 0.5) is 0 Å². The lowest BCUT2D eigenvalue weighted by molar-refractivity contribution is 0.0999. The van der Waals surface area contributed by atoms with Crippen LogP contribution in [-0.4, -0.2) is 20.5 Å². The normalized spacial score (nSPS) is 16.2. The van der Waals surface area contributed by atoms with E-state index in [2.05, 4.69) is 16.1 Å². The van der Waals surface area contributed by atoms with Gasteiger partial charge < -0.3 is 5.73 Å². The molecule has 0 spiro atoms. The third kappa shape index (κ3) is 2.11. The van der Waals surface area contributed by atoms with E-state index in [4.69, 9.17) is 17.3 Å². The van der Waals surface area contributed by atoms with Crippen LogP contribution in [0.5, 0.6) is 0 Å². The van der Waals surface area contributed by atoms with Crippen molar-refractivity contribution in [2.45, 2.75) is 24.7 Å². The average Bonchev–Trinajstić information content (AvgIpc) is 2.91. The number of benzene rings is 1. The van der Waals surface area contributed by atoms with E-state index in [0.717, 1.165) is 35.5 Å². The number of rotatable bonds is 3. The summed E-state index contributed by atoms with van der Waals surface area (Å²) in [6.45, 7) is 0. The Hall–Kier alpha value is -2.40. The van der Waals surface area contributed by atoms with Gasteiger partial charge in [0.1, 0.15) is 0 Å². The van der Waals surface area contributed by atoms with Crippen molar-refractivity contribution >= 4 is 23.2 Å². The van der Waals surface area contributed by atoms with Crippen LogP contribution in [0.2, 0.25) is 5.02 Å². The molecule has 2 heterocycles. The van der Waals surface area contributed by atoms with Crippen LogP contribution in [0, 0.1) is 0 Å². The molecule has 1 aromatic carbocycles. The van der Waals surface area contributed by atoms with Gasteiger partial charge in [-0.05, 0) is 24.5 Å². The Bertz CT molecular complexity index is 914. The predicted molar refractivity (Wildman–Crippen MR) is 87.6 cm³/mol. The second kappa shape index (κ2) is 5.06. The highest BCUT2D eigenvalue weighted by atomic mass is 35.5. The maximum atomic E-state index is 11.3. The quantitative estimate of drug-likeness (QED) is 0.804. The number of hydrogen-bond acceptors (Lipinski definition) is 3. The molecule has 1 aliphatic carbocycles. The summed E-state index contributed by atoms with van der Waals surface area (Å²) < 4.78 is 1.62. The zero-order valence-electron chi connectivity index (χ0n) is 12.4. The molecule has 6 heteroatoms. The highest BCUT2D eigenvalue weighted by Gasteiger charge is 2.43. The number of carbonyl (C=O) groups excluding carboxylic acids is 1. The van der Waals surface area contributed by atoms with Gasteiger partial charge in [0.25, 0.3) is 5.91 Å². The Balaban J connectivity index is 1.87. The third-order valence-corrected chi connectivity index (χ3v) is 5.01. The van der Waals surface area contributed by atoms with Gasteiger partial charge in [-0.1, -0.05) is 36.2 Å². The van der Waals surface area contributed by atoms with E-state index in [1.54, 1.807) is 10.7 Å². The first-order valence-electron chi connectivity index (χ1n) is 7.51. The molecule has 4 rings (SSSR count). The van der Waals surface area contributed by atoms with E-state index >= 15 is 0 Å². The van der Waals surface area contributed by atoms with E-state index in [1.165, 1.54) is 6.20 Å². The summed E-state index contributed by atoms with van der Waals surface area (Å²) in [5.41, 5.74) is 8.22. The molecular formula is C17H15ClN4O. The van der Waals surface area contributed by atoms with Crippen LogP contribution in [0.1, 0.15) is 40.9 Å². The number of aromatic nitrogens is 3. The van der Waals surface area contributed by atoms with Crippen LogP contribution in [0.25, 0.3) is 5.65 Å². The van der Waals surface area contributed by atoms with Crippen molar-refractivity contribution < 1.29 is 4.79 Å². The van der Waals surface area contributed by atoms with Crippen LogP contribution in [0.3, 0.4) is 0 Å². The highest BCUT2D eigenvalue weighted by Crippen LogP contribution is 2.50. The minimum Gasteiger partial charge on any atom is -0.366 e. The fourth-order valence-corrected chi connectivity index (χ4v) is 3.60. The Kier molecular flexibility index (Phi) is 3.13. The number of halogens is 1. The fourth-order valence-electron chi connectivity index (χ4n) is 3.28. The Labute approximate surface area is 138 Å². The van der Waals surface area contributed by atoms with Crippen molar-refractivity contribution in [1.29, 1.82) is 0 Å². The molecule has 5 nitrogen and oxygen atoms in total. The van der Waals surface area contributed by atoms with Gasteiger partial charge in [0.05, 0.1) is 11.3 Å². The van der Waals surface area contributed by atoms with Crippen molar-refractivity contribution in [3.8, 4) is 0 Å². The molecule has 0 aliphatic heterocycles. The molecular weight excluding hydrogens is 312 g/mol. The van der Waals surface area contributed by atoms with E-state index in [1.807, 2.05) is 24.3 Å². The first-order valence-corrected chi connectivity index (χ1v) is 7.89. The molecule has 0 radical (unpaired) electrons. The van der Waals surface area contributed by atoms with Crippen molar-refractivity contribution in [2.75, 3.05) is 0 Å². The highest BCUT2D eigenvalue weighted by molar-refractivity contribution is 6.31. The topological polar surface area (TPSA) is 73.3 Å². The molecule has 2 aromatic heterocycles. The van der Waals surface area contributed by atoms with E-state index in [-0.39, 0.29) is 5.41 Å². The lowest BCUT2D eigenvalue weighted by Crippen LogP contribution is -2.36. The maximum absolute atomic E-state index is 11.3. The van der Waals surface area contributed by atoms with Gasteiger partial charge in [-0.2, -0.15) is 5.10 Å². The molecule has 116 valence electrons. The summed E-state index contributed by atoms with van der Waals surface area (Å²) in [7, 11) is 0. The number of nitrogens with two attached hydrogens (primary N) is 1. The number of hydrogen-bond donors (Lipinski definition) is 1. The molecule has 0 unspecified atom stereocenters. The summed E-state index contributed by atoms with van der Waals surface area (Å²) in [6, 6.07) is 9.88. The summed E-state index contributed by atoms with van der Waals surface area (Å²) in [5.74, 6) is -0.513. The van der Waals surface area contributed by atoms with Crippen molar-refractivity contribution in [3.63, 3.8) is 0 Å². The van der Waals surface area contributed by atoms with Crippen LogP contribution in [-0.2, 0) is 5.41 Å². The van der Waals surface area contributed by atoms with Gasteiger partial charge in [0, 0.05) is 28.9 Å². The lowest BCUT2D eigenvalue weighted by Gasteiger charge is -2.41. The zero-order valence-corrected chi connectivity index (χ0v) is 13.1. The van der Waals surface area contributed by atoms with Crippen molar-refractivity contribution in [1.82, 2.24) is 14.6 Å². The van der Waals surface area contributed by atoms with Gasteiger partial charge in [-0.25, -0.2) is 9.50 Å². The van der Waals surface area contributed by atoms with Gasteiger partial charge in [0.2, 0.25) is 0 Å². The van der Waals surface area contributed by atoms with Gasteiger partial charge >= 0.3 is 0 Å². The van der Waals surface area contributed by atoms with Crippen LogP contribution < -0.4 is 5.73 Å². The monoisotopic (exact) mass is 326 g/mol. The summed E-state index contributed by atoms with van der Waals surface area (Å²) in [4.78, 5) is 15.6. The number of carbonyl (C=O) groups is 1. The molecule has 1 saturated carbocycles. The first-order chi connectivity index (χ1) is 11.1. The number of nitrogens with zero attached hydrogens (tertiary/aromatic N) is 3. The Morgan fingerprint density at radius 2 is 2.09 bits per heavy atom. The third-order valence-electron chi connectivity index (χ3n) is 4.68. The molecule has 23 heavy (non-hydrogen) atoms. The minimum absolute atomic E-state index is 0.168. The molecule has 2 N–H and O–H groups in total. The van der Waals surface area contributed by atoms with Gasteiger partial charge in [-0.15, -0.1) is 0 Å². The van der Waals surface area contributed by atoms with Gasteiger partial charge in [0.15, 0.2) is 5.65 Å². The first kappa shape index (κ1) is 14.2. The summed E-state index contributed by atoms with van der Waals surface area (Å²) >= 11 is 6.43. The maximum Gasteiger partial charge on any atom is 0.251 e. The summed E-state index contributed by atoms with van der Waals surface area (Å²) in [5, 5.41) is 5.41. The van der Waals surface area contributed by atoms with E-state index in [0.29, 0.717) is 11.2 Å². The molecule has 0 bridgehead atoms. The van der Waals surface area contributed by atoms with E-state index < -0.39 is 5.91 Å². The molecule has 3 aromatic rings. The molecule has 0 saturated heterocycles. The lowest BCUT2D eigenvalue weighted by atomic mass is 9.62. The fraction of sp³-hybridized carbons (Fsp3) is 0.235.